The minimum atomic E-state index is -1.16. The minimum Gasteiger partial charge on any atom is -0.493 e. The molecule has 2 amide bonds. The van der Waals surface area contributed by atoms with Gasteiger partial charge in [0.2, 0.25) is 0 Å². The van der Waals surface area contributed by atoms with Crippen molar-refractivity contribution in [2.75, 3.05) is 27.4 Å². The Hall–Kier alpha value is -4.75. The summed E-state index contributed by atoms with van der Waals surface area (Å²) in [6.07, 6.45) is 0.371. The highest BCUT2D eigenvalue weighted by molar-refractivity contribution is 9.10. The smallest absolute Gasteiger partial charge is 0.337 e. The van der Waals surface area contributed by atoms with Crippen molar-refractivity contribution in [2.45, 2.75) is 39.6 Å². The monoisotopic (exact) mass is 696 g/mol. The van der Waals surface area contributed by atoms with Crippen LogP contribution in [0, 0.1) is 6.92 Å². The van der Waals surface area contributed by atoms with Crippen LogP contribution >= 0.6 is 15.9 Å². The third-order valence-corrected chi connectivity index (χ3v) is 7.45. The summed E-state index contributed by atoms with van der Waals surface area (Å²) in [5, 5.41) is 20.0. The van der Waals surface area contributed by atoms with Gasteiger partial charge in [0.25, 0.3) is 0 Å². The van der Waals surface area contributed by atoms with Gasteiger partial charge in [-0.05, 0) is 77.7 Å². The van der Waals surface area contributed by atoms with E-state index in [1.807, 2.05) is 44.2 Å². The molecule has 4 N–H and O–H groups in total. The fourth-order valence-electron chi connectivity index (χ4n) is 4.61. The fraction of sp³-hybridized carbons (Fsp3) is 0.303. The molecule has 0 spiro atoms. The van der Waals surface area contributed by atoms with E-state index in [0.29, 0.717) is 57.5 Å². The average Bonchev–Trinajstić information content (AvgIpc) is 3.03. The number of carbonyl (C=O) groups excluding carboxylic acids is 2. The first kappa shape index (κ1) is 34.1. The molecular weight excluding hydrogens is 660 g/mol. The number of aliphatic hydroxyl groups is 1. The zero-order valence-corrected chi connectivity index (χ0v) is 27.8. The van der Waals surface area contributed by atoms with Crippen LogP contribution in [0.4, 0.5) is 4.79 Å². The number of nitrogens with zero attached hydrogens (tertiary/aromatic N) is 1. The number of amides is 2. The topological polar surface area (TPSA) is 149 Å². The molecule has 12 nitrogen and oxygen atoms in total. The molecule has 4 rings (SSSR count). The molecule has 0 aromatic heterocycles. The molecule has 0 radical (unpaired) electrons. The van der Waals surface area contributed by atoms with Crippen LogP contribution in [-0.2, 0) is 16.1 Å². The summed E-state index contributed by atoms with van der Waals surface area (Å²) in [6.45, 7) is 6.02. The predicted octanol–water partition coefficient (Wildman–Crippen LogP) is 4.87. The summed E-state index contributed by atoms with van der Waals surface area (Å²) in [7, 11) is 2.83. The molecule has 0 unspecified atom stereocenters. The molecule has 3 aromatic carbocycles. The number of carbonyl (C=O) groups is 2. The van der Waals surface area contributed by atoms with Crippen molar-refractivity contribution in [3.05, 3.63) is 92.6 Å². The lowest BCUT2D eigenvalue weighted by Crippen LogP contribution is -2.45. The van der Waals surface area contributed by atoms with Gasteiger partial charge in [-0.3, -0.25) is 5.43 Å². The molecule has 0 aliphatic carbocycles. The van der Waals surface area contributed by atoms with Gasteiger partial charge in [0.05, 0.1) is 43.1 Å². The van der Waals surface area contributed by atoms with Crippen molar-refractivity contribution >= 4 is 34.1 Å². The first-order chi connectivity index (χ1) is 22.1. The maximum absolute atomic E-state index is 12.5. The third-order valence-electron chi connectivity index (χ3n) is 6.86. The molecule has 46 heavy (non-hydrogen) atoms. The van der Waals surface area contributed by atoms with Crippen molar-refractivity contribution in [3.8, 4) is 23.0 Å². The number of urea groups is 1. The largest absolute Gasteiger partial charge is 0.493 e. The Morgan fingerprint density at radius 1 is 1.04 bits per heavy atom. The number of esters is 1. The predicted molar refractivity (Wildman–Crippen MR) is 175 cm³/mol. The number of hydrogen-bond donors (Lipinski definition) is 4. The summed E-state index contributed by atoms with van der Waals surface area (Å²) in [5.74, 6) is 1.23. The second-order valence-corrected chi connectivity index (χ2v) is 11.1. The quantitative estimate of drug-likeness (QED) is 0.0802. The van der Waals surface area contributed by atoms with E-state index in [-0.39, 0.29) is 12.2 Å². The molecule has 3 aromatic rings. The van der Waals surface area contributed by atoms with Crippen LogP contribution < -0.4 is 35.0 Å². The number of hydrogen-bond acceptors (Lipinski definition) is 10. The van der Waals surface area contributed by atoms with E-state index >= 15 is 0 Å². The molecule has 2 atom stereocenters. The first-order valence-electron chi connectivity index (χ1n) is 14.4. The zero-order chi connectivity index (χ0) is 33.2. The van der Waals surface area contributed by atoms with E-state index < -0.39 is 24.3 Å². The summed E-state index contributed by atoms with van der Waals surface area (Å²) in [6, 6.07) is 15.5. The van der Waals surface area contributed by atoms with E-state index in [1.54, 1.807) is 38.3 Å². The fourth-order valence-corrected chi connectivity index (χ4v) is 5.19. The highest BCUT2D eigenvalue weighted by Crippen LogP contribution is 2.37. The van der Waals surface area contributed by atoms with Crippen molar-refractivity contribution in [1.29, 1.82) is 0 Å². The van der Waals surface area contributed by atoms with Crippen molar-refractivity contribution < 1.29 is 38.4 Å². The molecule has 1 aliphatic rings. The zero-order valence-electron chi connectivity index (χ0n) is 26.2. The number of hydrazone groups is 1. The number of methoxy groups -OCH3 is 2. The molecular formula is C33H37BrN4O8. The molecule has 0 saturated carbocycles. The highest BCUT2D eigenvalue weighted by atomic mass is 79.9. The van der Waals surface area contributed by atoms with Crippen LogP contribution in [0.3, 0.4) is 0 Å². The van der Waals surface area contributed by atoms with Crippen LogP contribution in [0.5, 0.6) is 23.0 Å². The minimum absolute atomic E-state index is 0.161. The third kappa shape index (κ3) is 8.70. The Balaban J connectivity index is 1.38. The van der Waals surface area contributed by atoms with Gasteiger partial charge in [0.15, 0.2) is 29.2 Å². The van der Waals surface area contributed by atoms with E-state index in [2.05, 4.69) is 37.1 Å². The van der Waals surface area contributed by atoms with Gasteiger partial charge in [0, 0.05) is 5.70 Å². The lowest BCUT2D eigenvalue weighted by molar-refractivity contribution is -0.136. The van der Waals surface area contributed by atoms with Gasteiger partial charge in [-0.1, -0.05) is 35.9 Å². The van der Waals surface area contributed by atoms with Gasteiger partial charge in [-0.25, -0.2) is 9.59 Å². The van der Waals surface area contributed by atoms with Gasteiger partial charge >= 0.3 is 12.0 Å². The van der Waals surface area contributed by atoms with Crippen LogP contribution in [0.15, 0.2) is 75.4 Å². The van der Waals surface area contributed by atoms with E-state index in [1.165, 1.54) is 18.9 Å². The number of allylic oxidation sites excluding steroid dienone is 1. The highest BCUT2D eigenvalue weighted by Gasteiger charge is 2.32. The van der Waals surface area contributed by atoms with Crippen LogP contribution in [0.2, 0.25) is 0 Å². The number of aryl methyl sites for hydroxylation is 1. The number of rotatable bonds is 14. The normalized spacial score (nSPS) is 15.1. The second kappa shape index (κ2) is 16.0. The van der Waals surface area contributed by atoms with Gasteiger partial charge in [0.1, 0.15) is 13.2 Å². The Morgan fingerprint density at radius 3 is 2.50 bits per heavy atom. The summed E-state index contributed by atoms with van der Waals surface area (Å²) in [4.78, 5) is 24.6. The maximum atomic E-state index is 12.5. The first-order valence-corrected chi connectivity index (χ1v) is 15.2. The standard InChI is InChI=1S/C33H37BrN4O8/c1-6-44-26-15-23(30-29(32(40)43-5)20(3)36-33(41)37-30)11-12-25(26)45-18-28(39)38-35-16-22-13-24(34)31(27(14-22)42-4)46-17-21-9-7-19(2)8-10-21/h7-16,28,30,38-39H,6,17-18H2,1-5H3,(H2,36,37,41)/b35-16-/t28-,30+/m0/s1. The molecule has 1 heterocycles. The summed E-state index contributed by atoms with van der Waals surface area (Å²) >= 11 is 3.55. The average molecular weight is 698 g/mol. The molecule has 0 fully saturated rings. The molecule has 0 bridgehead atoms. The Kier molecular flexibility index (Phi) is 11.9. The number of halogens is 1. The lowest BCUT2D eigenvalue weighted by Gasteiger charge is -2.28. The van der Waals surface area contributed by atoms with Crippen molar-refractivity contribution in [2.24, 2.45) is 5.10 Å². The van der Waals surface area contributed by atoms with Gasteiger partial charge in [-0.2, -0.15) is 5.10 Å². The summed E-state index contributed by atoms with van der Waals surface area (Å²) < 4.78 is 28.7. The van der Waals surface area contributed by atoms with Gasteiger partial charge in [-0.15, -0.1) is 0 Å². The Bertz CT molecular complexity index is 1610. The number of ether oxygens (including phenoxy) is 5. The maximum Gasteiger partial charge on any atom is 0.337 e. The van der Waals surface area contributed by atoms with E-state index in [4.69, 9.17) is 23.7 Å². The van der Waals surface area contributed by atoms with Crippen LogP contribution in [0.1, 0.15) is 42.1 Å². The van der Waals surface area contributed by atoms with Crippen molar-refractivity contribution in [3.63, 3.8) is 0 Å². The number of benzene rings is 3. The molecule has 13 heteroatoms. The van der Waals surface area contributed by atoms with Crippen molar-refractivity contribution in [1.82, 2.24) is 16.1 Å². The second-order valence-electron chi connectivity index (χ2n) is 10.2. The lowest BCUT2D eigenvalue weighted by atomic mass is 9.95. The number of aliphatic hydroxyl groups excluding tert-OH is 1. The van der Waals surface area contributed by atoms with E-state index in [0.717, 1.165) is 5.56 Å². The van der Waals surface area contributed by atoms with Gasteiger partial charge < -0.3 is 39.4 Å². The summed E-state index contributed by atoms with van der Waals surface area (Å²) in [5.41, 5.74) is 6.78. The Morgan fingerprint density at radius 2 is 1.80 bits per heavy atom. The molecule has 0 saturated heterocycles. The Labute approximate surface area is 275 Å². The molecule has 244 valence electrons. The van der Waals surface area contributed by atoms with Crippen LogP contribution in [-0.4, -0.2) is 57.0 Å². The molecule has 1 aliphatic heterocycles. The van der Waals surface area contributed by atoms with E-state index in [9.17, 15) is 14.7 Å². The van der Waals surface area contributed by atoms with Crippen LogP contribution in [0.25, 0.3) is 0 Å². The SMILES string of the molecule is CCOc1cc([C@H]2NC(=O)NC(C)=C2C(=O)OC)ccc1OC[C@H](O)N/N=C\c1cc(Br)c(OCc2ccc(C)cc2)c(OC)c1. The number of nitrogens with one attached hydrogen (secondary N) is 3.